The van der Waals surface area contributed by atoms with Crippen molar-refractivity contribution in [2.75, 3.05) is 19.6 Å². The number of hydrogen-bond acceptors (Lipinski definition) is 2. The van der Waals surface area contributed by atoms with E-state index in [9.17, 15) is 0 Å². The lowest BCUT2D eigenvalue weighted by Gasteiger charge is -2.24. The van der Waals surface area contributed by atoms with Crippen LogP contribution in [0.3, 0.4) is 0 Å². The van der Waals surface area contributed by atoms with Gasteiger partial charge in [-0.2, -0.15) is 0 Å². The Hall–Kier alpha value is -0.0900. The first-order chi connectivity index (χ1) is 8.65. The Morgan fingerprint density at radius 3 is 3.00 bits per heavy atom. The number of rotatable bonds is 2. The molecule has 1 N–H and O–H groups in total. The molecule has 3 rings (SSSR count). The molecule has 0 aliphatic carbocycles. The third-order valence-corrected chi connectivity index (χ3v) is 5.64. The van der Waals surface area contributed by atoms with Crippen molar-refractivity contribution in [2.45, 2.75) is 19.5 Å². The van der Waals surface area contributed by atoms with Crippen molar-refractivity contribution in [3.05, 3.63) is 33.3 Å². The zero-order chi connectivity index (χ0) is 12.7. The molecule has 0 aromatic heterocycles. The summed E-state index contributed by atoms with van der Waals surface area (Å²) in [4.78, 5) is 2.60. The van der Waals surface area contributed by atoms with Crippen molar-refractivity contribution < 1.29 is 0 Å². The van der Waals surface area contributed by atoms with Crippen LogP contribution in [-0.2, 0) is 6.54 Å². The predicted octanol–water partition coefficient (Wildman–Crippen LogP) is 3.14. The second-order valence-corrected chi connectivity index (χ2v) is 6.76. The van der Waals surface area contributed by atoms with Crippen LogP contribution in [0.1, 0.15) is 12.5 Å². The molecule has 0 spiro atoms. The molecule has 3 atom stereocenters. The van der Waals surface area contributed by atoms with Gasteiger partial charge in [-0.25, -0.2) is 0 Å². The Bertz CT molecular complexity index is 451. The molecule has 98 valence electrons. The van der Waals surface area contributed by atoms with E-state index in [1.165, 1.54) is 25.2 Å². The molecule has 2 aliphatic heterocycles. The van der Waals surface area contributed by atoms with E-state index < -0.39 is 0 Å². The maximum absolute atomic E-state index is 6.04. The average molecular weight is 330 g/mol. The van der Waals surface area contributed by atoms with Crippen LogP contribution < -0.4 is 5.32 Å². The van der Waals surface area contributed by atoms with Gasteiger partial charge in [0.25, 0.3) is 0 Å². The number of fused-ring (bicyclic) bond motifs is 1. The van der Waals surface area contributed by atoms with Crippen LogP contribution in [0.15, 0.2) is 22.7 Å². The topological polar surface area (TPSA) is 15.3 Å². The molecule has 2 heterocycles. The summed E-state index contributed by atoms with van der Waals surface area (Å²) in [5.41, 5.74) is 1.34. The van der Waals surface area contributed by atoms with Crippen LogP contribution in [0.5, 0.6) is 0 Å². The summed E-state index contributed by atoms with van der Waals surface area (Å²) in [6.07, 6.45) is 0. The first-order valence-electron chi connectivity index (χ1n) is 6.54. The Morgan fingerprint density at radius 2 is 2.28 bits per heavy atom. The van der Waals surface area contributed by atoms with E-state index in [-0.39, 0.29) is 0 Å². The number of halogens is 2. The quantitative estimate of drug-likeness (QED) is 0.897. The molecule has 0 saturated carbocycles. The van der Waals surface area contributed by atoms with Gasteiger partial charge in [-0.15, -0.1) is 0 Å². The van der Waals surface area contributed by atoms with Crippen LogP contribution in [0.4, 0.5) is 0 Å². The smallest absolute Gasteiger partial charge is 0.0548 e. The number of likely N-dealkylation sites (tertiary alicyclic amines) is 1. The highest BCUT2D eigenvalue weighted by atomic mass is 79.9. The Labute approximate surface area is 122 Å². The summed E-state index contributed by atoms with van der Waals surface area (Å²) in [5, 5.41) is 4.29. The second-order valence-electron chi connectivity index (χ2n) is 5.50. The van der Waals surface area contributed by atoms with Gasteiger partial charge in [0.05, 0.1) is 5.02 Å². The molecular weight excluding hydrogens is 312 g/mol. The van der Waals surface area contributed by atoms with Crippen LogP contribution in [-0.4, -0.2) is 30.6 Å². The van der Waals surface area contributed by atoms with E-state index in [4.69, 9.17) is 11.6 Å². The van der Waals surface area contributed by atoms with Gasteiger partial charge in [0.2, 0.25) is 0 Å². The van der Waals surface area contributed by atoms with E-state index in [0.29, 0.717) is 6.04 Å². The Morgan fingerprint density at radius 1 is 1.44 bits per heavy atom. The normalized spacial score (nSPS) is 31.8. The van der Waals surface area contributed by atoms with Crippen LogP contribution in [0.25, 0.3) is 0 Å². The molecule has 0 bridgehead atoms. The van der Waals surface area contributed by atoms with Crippen LogP contribution in [0, 0.1) is 11.8 Å². The van der Waals surface area contributed by atoms with Gasteiger partial charge >= 0.3 is 0 Å². The van der Waals surface area contributed by atoms with Crippen molar-refractivity contribution in [2.24, 2.45) is 11.8 Å². The summed E-state index contributed by atoms with van der Waals surface area (Å²) >= 11 is 9.53. The van der Waals surface area contributed by atoms with E-state index in [1.807, 2.05) is 6.07 Å². The van der Waals surface area contributed by atoms with Crippen molar-refractivity contribution in [1.29, 1.82) is 0 Å². The number of nitrogens with zero attached hydrogens (tertiary/aromatic N) is 1. The number of benzene rings is 1. The SMILES string of the molecule is CC1C2CNCC2CN1Cc1ccc(Cl)c(Br)c1. The molecular formula is C14H18BrClN2. The molecule has 1 aromatic carbocycles. The van der Waals surface area contributed by atoms with Crippen molar-refractivity contribution in [3.63, 3.8) is 0 Å². The lowest BCUT2D eigenvalue weighted by molar-refractivity contribution is 0.231. The summed E-state index contributed by atoms with van der Waals surface area (Å²) in [6.45, 7) is 6.99. The van der Waals surface area contributed by atoms with Crippen LogP contribution in [0.2, 0.25) is 5.02 Å². The molecule has 3 unspecified atom stereocenters. The highest BCUT2D eigenvalue weighted by Gasteiger charge is 2.41. The van der Waals surface area contributed by atoms with E-state index in [0.717, 1.165) is 27.9 Å². The molecule has 2 saturated heterocycles. The third-order valence-electron chi connectivity index (χ3n) is 4.43. The minimum absolute atomic E-state index is 0.680. The fraction of sp³-hybridized carbons (Fsp3) is 0.571. The minimum atomic E-state index is 0.680. The molecule has 0 radical (unpaired) electrons. The largest absolute Gasteiger partial charge is 0.316 e. The molecule has 18 heavy (non-hydrogen) atoms. The van der Waals surface area contributed by atoms with Crippen molar-refractivity contribution in [3.8, 4) is 0 Å². The maximum Gasteiger partial charge on any atom is 0.0548 e. The molecule has 2 aliphatic rings. The zero-order valence-electron chi connectivity index (χ0n) is 10.5. The first kappa shape index (κ1) is 12.9. The van der Waals surface area contributed by atoms with E-state index in [2.05, 4.69) is 45.2 Å². The number of nitrogens with one attached hydrogen (secondary N) is 1. The van der Waals surface area contributed by atoms with Gasteiger partial charge in [0.1, 0.15) is 0 Å². The third kappa shape index (κ3) is 2.34. The van der Waals surface area contributed by atoms with Crippen molar-refractivity contribution in [1.82, 2.24) is 10.2 Å². The lowest BCUT2D eigenvalue weighted by atomic mass is 9.95. The Balaban J connectivity index is 1.71. The number of hydrogen-bond donors (Lipinski definition) is 1. The van der Waals surface area contributed by atoms with Gasteiger partial charge < -0.3 is 5.32 Å². The first-order valence-corrected chi connectivity index (χ1v) is 7.71. The molecule has 1 aromatic rings. The average Bonchev–Trinajstić information content (AvgIpc) is 2.89. The van der Waals surface area contributed by atoms with E-state index in [1.54, 1.807) is 0 Å². The summed E-state index contributed by atoms with van der Waals surface area (Å²) in [7, 11) is 0. The van der Waals surface area contributed by atoms with Crippen molar-refractivity contribution >= 4 is 27.5 Å². The van der Waals surface area contributed by atoms with Gasteiger partial charge in [0, 0.05) is 23.6 Å². The van der Waals surface area contributed by atoms with Crippen LogP contribution >= 0.6 is 27.5 Å². The van der Waals surface area contributed by atoms with Gasteiger partial charge in [0.15, 0.2) is 0 Å². The predicted molar refractivity (Wildman–Crippen MR) is 78.9 cm³/mol. The molecule has 2 nitrogen and oxygen atoms in total. The van der Waals surface area contributed by atoms with E-state index >= 15 is 0 Å². The van der Waals surface area contributed by atoms with Gasteiger partial charge in [-0.05, 0) is 65.5 Å². The summed E-state index contributed by atoms with van der Waals surface area (Å²) in [5.74, 6) is 1.68. The standard InChI is InChI=1S/C14H18BrClN2/c1-9-12-6-17-5-11(12)8-18(9)7-10-2-3-14(16)13(15)4-10/h2-4,9,11-12,17H,5-8H2,1H3. The molecule has 4 heteroatoms. The zero-order valence-corrected chi connectivity index (χ0v) is 12.8. The summed E-state index contributed by atoms with van der Waals surface area (Å²) < 4.78 is 0.996. The molecule has 0 amide bonds. The highest BCUT2D eigenvalue weighted by molar-refractivity contribution is 9.10. The Kier molecular flexibility index (Phi) is 3.68. The second kappa shape index (κ2) is 5.12. The lowest BCUT2D eigenvalue weighted by Crippen LogP contribution is -2.32. The monoisotopic (exact) mass is 328 g/mol. The highest BCUT2D eigenvalue weighted by Crippen LogP contribution is 2.33. The maximum atomic E-state index is 6.04. The fourth-order valence-corrected chi connectivity index (χ4v) is 3.88. The van der Waals surface area contributed by atoms with Gasteiger partial charge in [-0.1, -0.05) is 17.7 Å². The minimum Gasteiger partial charge on any atom is -0.316 e. The summed E-state index contributed by atoms with van der Waals surface area (Å²) in [6, 6.07) is 6.93. The van der Waals surface area contributed by atoms with Gasteiger partial charge in [-0.3, -0.25) is 4.90 Å². The molecule has 2 fully saturated rings. The fourth-order valence-electron chi connectivity index (χ4n) is 3.34.